The second kappa shape index (κ2) is 9.32. The van der Waals surface area contributed by atoms with Crippen LogP contribution in [0.1, 0.15) is 51.2 Å². The summed E-state index contributed by atoms with van der Waals surface area (Å²) in [7, 11) is 0.132. The van der Waals surface area contributed by atoms with E-state index < -0.39 is 8.32 Å². The third-order valence-corrected chi connectivity index (χ3v) is 12.4. The lowest BCUT2D eigenvalue weighted by atomic mass is 9.96. The maximum atomic E-state index is 12.0. The van der Waals surface area contributed by atoms with Crippen molar-refractivity contribution in [2.24, 2.45) is 0 Å². The molecule has 1 saturated heterocycles. The number of nitrogens with zero attached hydrogens (tertiary/aromatic N) is 3. The number of carbonyl (C=O) groups is 1. The van der Waals surface area contributed by atoms with Crippen molar-refractivity contribution in [1.82, 2.24) is 9.88 Å². The molecule has 5 nitrogen and oxygen atoms in total. The normalized spacial score (nSPS) is 19.8. The molecular formula is C27H39N3O2Si. The zero-order valence-electron chi connectivity index (χ0n) is 21.1. The molecule has 1 atom stereocenters. The Labute approximate surface area is 200 Å². The molecule has 2 aliphatic heterocycles. The van der Waals surface area contributed by atoms with Gasteiger partial charge in [0.15, 0.2) is 8.32 Å². The van der Waals surface area contributed by atoms with E-state index in [0.717, 1.165) is 37.4 Å². The average molecular weight is 466 g/mol. The Hall–Kier alpha value is -2.02. The van der Waals surface area contributed by atoms with Crippen molar-refractivity contribution in [3.05, 3.63) is 47.8 Å². The topological polar surface area (TPSA) is 45.7 Å². The highest BCUT2D eigenvalue weighted by Crippen LogP contribution is 2.37. The molecule has 0 radical (unpaired) electrons. The number of pyridine rings is 1. The summed E-state index contributed by atoms with van der Waals surface area (Å²) in [5.74, 6) is 0.191. The third kappa shape index (κ3) is 5.23. The summed E-state index contributed by atoms with van der Waals surface area (Å²) in [6.07, 6.45) is 7.78. The summed E-state index contributed by atoms with van der Waals surface area (Å²) in [6.45, 7) is 14.5. The maximum absolute atomic E-state index is 12.0. The molecule has 1 amide bonds. The second-order valence-corrected chi connectivity index (χ2v) is 16.0. The highest BCUT2D eigenvalue weighted by molar-refractivity contribution is 6.74. The van der Waals surface area contributed by atoms with Gasteiger partial charge in [-0.25, -0.2) is 0 Å². The van der Waals surface area contributed by atoms with Crippen LogP contribution in [-0.2, 0) is 22.2 Å². The molecule has 3 heterocycles. The van der Waals surface area contributed by atoms with Gasteiger partial charge in [0, 0.05) is 56.3 Å². The molecule has 4 rings (SSSR count). The van der Waals surface area contributed by atoms with Crippen LogP contribution in [0.15, 0.2) is 36.7 Å². The highest BCUT2D eigenvalue weighted by atomic mass is 28.4. The zero-order chi connectivity index (χ0) is 23.8. The van der Waals surface area contributed by atoms with Gasteiger partial charge in [0.25, 0.3) is 0 Å². The number of hydrogen-bond acceptors (Lipinski definition) is 4. The number of benzene rings is 1. The number of amides is 1. The second-order valence-electron chi connectivity index (χ2n) is 11.2. The van der Waals surface area contributed by atoms with Gasteiger partial charge in [-0.05, 0) is 78.8 Å². The van der Waals surface area contributed by atoms with E-state index >= 15 is 0 Å². The molecule has 6 heteroatoms. The molecule has 0 spiro atoms. The number of carbonyl (C=O) groups excluding carboxylic acids is 1. The predicted molar refractivity (Wildman–Crippen MR) is 138 cm³/mol. The molecule has 1 aromatic heterocycles. The van der Waals surface area contributed by atoms with Gasteiger partial charge in [-0.15, -0.1) is 0 Å². The molecule has 1 aromatic carbocycles. The number of fused-ring (bicyclic) bond motifs is 1. The van der Waals surface area contributed by atoms with Crippen molar-refractivity contribution in [2.75, 3.05) is 25.1 Å². The van der Waals surface area contributed by atoms with Crippen LogP contribution in [-0.4, -0.2) is 50.3 Å². The number of hydrogen-bond donors (Lipinski definition) is 0. The molecule has 0 aliphatic carbocycles. The van der Waals surface area contributed by atoms with Crippen LogP contribution in [0.3, 0.4) is 0 Å². The molecule has 1 unspecified atom stereocenters. The zero-order valence-corrected chi connectivity index (χ0v) is 22.1. The minimum Gasteiger partial charge on any atom is -0.415 e. The van der Waals surface area contributed by atoms with Crippen LogP contribution < -0.4 is 4.90 Å². The Kier molecular flexibility index (Phi) is 6.81. The minimum atomic E-state index is -1.73. The first-order valence-electron chi connectivity index (χ1n) is 12.3. The predicted octanol–water partition coefficient (Wildman–Crippen LogP) is 5.64. The lowest BCUT2D eigenvalue weighted by Gasteiger charge is -2.38. The van der Waals surface area contributed by atoms with E-state index in [1.807, 2.05) is 19.4 Å². The van der Waals surface area contributed by atoms with Crippen LogP contribution in [0.25, 0.3) is 11.1 Å². The first kappa shape index (κ1) is 24.1. The Bertz CT molecular complexity index is 1010. The summed E-state index contributed by atoms with van der Waals surface area (Å²) >= 11 is 0. The summed E-state index contributed by atoms with van der Waals surface area (Å²) in [4.78, 5) is 20.9. The van der Waals surface area contributed by atoms with E-state index in [4.69, 9.17) is 4.43 Å². The van der Waals surface area contributed by atoms with Crippen LogP contribution in [0.5, 0.6) is 0 Å². The number of anilines is 1. The van der Waals surface area contributed by atoms with E-state index in [0.29, 0.717) is 12.5 Å². The number of aryl methyl sites for hydroxylation is 1. The Morgan fingerprint density at radius 3 is 2.67 bits per heavy atom. The molecule has 0 saturated carbocycles. The van der Waals surface area contributed by atoms with Gasteiger partial charge in [-0.2, -0.15) is 0 Å². The fourth-order valence-electron chi connectivity index (χ4n) is 4.62. The van der Waals surface area contributed by atoms with Crippen molar-refractivity contribution in [2.45, 2.75) is 77.2 Å². The van der Waals surface area contributed by atoms with Gasteiger partial charge >= 0.3 is 0 Å². The van der Waals surface area contributed by atoms with Gasteiger partial charge in [0.1, 0.15) is 0 Å². The SMILES string of the molecule is CN1C(=O)CCc2cc(-c3cncc(CN4CCCC4CO[Si](C)(C)C(C)(C)C)c3)ccc21. The van der Waals surface area contributed by atoms with Crippen LogP contribution in [0.2, 0.25) is 18.1 Å². The highest BCUT2D eigenvalue weighted by Gasteiger charge is 2.38. The molecule has 0 N–H and O–H groups in total. The van der Waals surface area contributed by atoms with Crippen LogP contribution in [0, 0.1) is 0 Å². The van der Waals surface area contributed by atoms with Gasteiger partial charge in [-0.1, -0.05) is 26.8 Å². The lowest BCUT2D eigenvalue weighted by molar-refractivity contribution is -0.118. The number of rotatable bonds is 6. The van der Waals surface area contributed by atoms with E-state index in [1.165, 1.54) is 29.5 Å². The lowest BCUT2D eigenvalue weighted by Crippen LogP contribution is -2.44. The summed E-state index contributed by atoms with van der Waals surface area (Å²) in [6, 6.07) is 9.17. The van der Waals surface area contributed by atoms with Gasteiger partial charge in [0.05, 0.1) is 0 Å². The van der Waals surface area contributed by atoms with Crippen LogP contribution in [0.4, 0.5) is 5.69 Å². The summed E-state index contributed by atoms with van der Waals surface area (Å²) in [5.41, 5.74) is 5.83. The molecule has 2 aliphatic rings. The fraction of sp³-hybridized carbons (Fsp3) is 0.556. The smallest absolute Gasteiger partial charge is 0.227 e. The molecule has 0 bridgehead atoms. The van der Waals surface area contributed by atoms with Gasteiger partial charge in [-0.3, -0.25) is 14.7 Å². The van der Waals surface area contributed by atoms with E-state index in [9.17, 15) is 4.79 Å². The summed E-state index contributed by atoms with van der Waals surface area (Å²) < 4.78 is 6.56. The Morgan fingerprint density at radius 2 is 1.91 bits per heavy atom. The fourth-order valence-corrected chi connectivity index (χ4v) is 5.66. The first-order valence-corrected chi connectivity index (χ1v) is 15.2. The van der Waals surface area contributed by atoms with Gasteiger partial charge in [0.2, 0.25) is 5.91 Å². The van der Waals surface area contributed by atoms with Gasteiger partial charge < -0.3 is 9.33 Å². The molecule has 33 heavy (non-hydrogen) atoms. The van der Waals surface area contributed by atoms with Crippen molar-refractivity contribution >= 4 is 19.9 Å². The van der Waals surface area contributed by atoms with E-state index in [-0.39, 0.29) is 10.9 Å². The van der Waals surface area contributed by atoms with Crippen molar-refractivity contribution in [1.29, 1.82) is 0 Å². The van der Waals surface area contributed by atoms with Crippen LogP contribution >= 0.6 is 0 Å². The molecular weight excluding hydrogens is 426 g/mol. The maximum Gasteiger partial charge on any atom is 0.227 e. The van der Waals surface area contributed by atoms with Crippen molar-refractivity contribution in [3.63, 3.8) is 0 Å². The van der Waals surface area contributed by atoms with E-state index in [2.05, 4.69) is 68.0 Å². The first-order chi connectivity index (χ1) is 15.5. The number of likely N-dealkylation sites (tertiary alicyclic amines) is 1. The molecule has 2 aromatic rings. The standard InChI is InChI=1S/C27H39N3O2Si/c1-27(2,3)33(5,6)32-19-24-8-7-13-30(24)18-20-14-23(17-28-16-20)21-9-11-25-22(15-21)10-12-26(31)29(25)4/h9,11,14-17,24H,7-8,10,12-13,18-19H2,1-6H3. The number of aromatic nitrogens is 1. The molecule has 1 fully saturated rings. The largest absolute Gasteiger partial charge is 0.415 e. The van der Waals surface area contributed by atoms with Crippen molar-refractivity contribution in [3.8, 4) is 11.1 Å². The third-order valence-electron chi connectivity index (χ3n) is 7.88. The Morgan fingerprint density at radius 1 is 1.12 bits per heavy atom. The average Bonchev–Trinajstić information content (AvgIpc) is 3.21. The Balaban J connectivity index is 1.46. The van der Waals surface area contributed by atoms with Crippen molar-refractivity contribution < 1.29 is 9.22 Å². The van der Waals surface area contributed by atoms with E-state index in [1.54, 1.807) is 4.90 Å². The monoisotopic (exact) mass is 465 g/mol. The molecule has 178 valence electrons. The minimum absolute atomic E-state index is 0.191. The summed E-state index contributed by atoms with van der Waals surface area (Å²) in [5, 5.41) is 0.242. The quantitative estimate of drug-likeness (QED) is 0.518.